The molecular weight excluding hydrogens is 180 g/mol. The molecule has 1 aliphatic carbocycles. The van der Waals surface area contributed by atoms with Crippen LogP contribution in [0.2, 0.25) is 0 Å². The van der Waals surface area contributed by atoms with Crippen LogP contribution in [0.4, 0.5) is 0 Å². The quantitative estimate of drug-likeness (QED) is 0.560. The summed E-state index contributed by atoms with van der Waals surface area (Å²) in [5, 5.41) is 15.1. The Hall–Kier alpha value is -0.610. The Kier molecular flexibility index (Phi) is 3.89. The van der Waals surface area contributed by atoms with Crippen LogP contribution in [0.3, 0.4) is 0 Å². The molecule has 1 rings (SSSR count). The predicted molar refractivity (Wildman–Crippen MR) is 54.9 cm³/mol. The molecule has 0 aliphatic heterocycles. The molecule has 1 fully saturated rings. The van der Waals surface area contributed by atoms with E-state index in [1.165, 1.54) is 12.8 Å². The molecule has 1 saturated carbocycles. The molecule has 0 aromatic rings. The highest BCUT2D eigenvalue weighted by atomic mass is 16.3. The van der Waals surface area contributed by atoms with Gasteiger partial charge in [0.15, 0.2) is 0 Å². The first-order chi connectivity index (χ1) is 6.47. The number of nitrogens with one attached hydrogen (secondary N) is 2. The van der Waals surface area contributed by atoms with Crippen LogP contribution < -0.4 is 10.6 Å². The van der Waals surface area contributed by atoms with Gasteiger partial charge in [0.2, 0.25) is 5.91 Å². The lowest BCUT2D eigenvalue weighted by Crippen LogP contribution is -2.42. The molecule has 0 heterocycles. The predicted octanol–water partition coefficient (Wildman–Crippen LogP) is -0.127. The van der Waals surface area contributed by atoms with Crippen LogP contribution in [-0.2, 0) is 4.79 Å². The Balaban J connectivity index is 1.97. The summed E-state index contributed by atoms with van der Waals surface area (Å²) in [6, 6.07) is 0. The van der Waals surface area contributed by atoms with E-state index in [4.69, 9.17) is 0 Å². The van der Waals surface area contributed by atoms with Gasteiger partial charge in [-0.15, -0.1) is 0 Å². The van der Waals surface area contributed by atoms with Crippen LogP contribution in [0.15, 0.2) is 0 Å². The zero-order valence-corrected chi connectivity index (χ0v) is 8.97. The maximum absolute atomic E-state index is 11.2. The lowest BCUT2D eigenvalue weighted by Gasteiger charge is -2.17. The van der Waals surface area contributed by atoms with E-state index in [0.717, 1.165) is 12.5 Å². The second-order valence-electron chi connectivity index (χ2n) is 4.66. The molecule has 0 bridgehead atoms. The van der Waals surface area contributed by atoms with E-state index in [0.29, 0.717) is 13.1 Å². The standard InChI is InChI=1S/C10H20N2O2/c1-10(2,14)7-12-9(13)6-11-5-8-3-4-8/h8,11,14H,3-7H2,1-2H3,(H,12,13). The Morgan fingerprint density at radius 3 is 2.64 bits per heavy atom. The van der Waals surface area contributed by atoms with Crippen molar-refractivity contribution in [3.8, 4) is 0 Å². The van der Waals surface area contributed by atoms with Gasteiger partial charge >= 0.3 is 0 Å². The lowest BCUT2D eigenvalue weighted by atomic mass is 10.1. The molecule has 0 aromatic carbocycles. The smallest absolute Gasteiger partial charge is 0.234 e. The summed E-state index contributed by atoms with van der Waals surface area (Å²) in [4.78, 5) is 11.2. The normalized spacial score (nSPS) is 16.8. The second-order valence-corrected chi connectivity index (χ2v) is 4.66. The zero-order chi connectivity index (χ0) is 10.6. The number of hydrogen-bond acceptors (Lipinski definition) is 3. The van der Waals surface area contributed by atoms with Gasteiger partial charge in [0, 0.05) is 6.54 Å². The van der Waals surface area contributed by atoms with Gasteiger partial charge in [0.1, 0.15) is 0 Å². The Bertz CT molecular complexity index is 195. The summed E-state index contributed by atoms with van der Waals surface area (Å²) < 4.78 is 0. The maximum atomic E-state index is 11.2. The van der Waals surface area contributed by atoms with E-state index in [1.54, 1.807) is 13.8 Å². The highest BCUT2D eigenvalue weighted by Gasteiger charge is 2.20. The third-order valence-electron chi connectivity index (χ3n) is 2.13. The molecular formula is C10H20N2O2. The van der Waals surface area contributed by atoms with E-state index in [1.807, 2.05) is 0 Å². The van der Waals surface area contributed by atoms with Gasteiger partial charge in [-0.05, 0) is 39.2 Å². The average Bonchev–Trinajstić information content (AvgIpc) is 2.83. The number of carbonyl (C=O) groups is 1. The van der Waals surface area contributed by atoms with Crippen molar-refractivity contribution in [3.63, 3.8) is 0 Å². The van der Waals surface area contributed by atoms with Crippen LogP contribution in [0, 0.1) is 5.92 Å². The minimum absolute atomic E-state index is 0.0484. The summed E-state index contributed by atoms with van der Waals surface area (Å²) in [6.45, 7) is 4.94. The number of amides is 1. The summed E-state index contributed by atoms with van der Waals surface area (Å²) in [7, 11) is 0. The molecule has 0 aromatic heterocycles. The Labute approximate surface area is 85.1 Å². The number of carbonyl (C=O) groups excluding carboxylic acids is 1. The Morgan fingerprint density at radius 2 is 2.14 bits per heavy atom. The van der Waals surface area contributed by atoms with Crippen LogP contribution >= 0.6 is 0 Å². The summed E-state index contributed by atoms with van der Waals surface area (Å²) in [5.74, 6) is 0.741. The first-order valence-corrected chi connectivity index (χ1v) is 5.17. The molecule has 1 aliphatic rings. The van der Waals surface area contributed by atoms with Gasteiger partial charge in [-0.1, -0.05) is 0 Å². The summed E-state index contributed by atoms with van der Waals surface area (Å²) in [5.41, 5.74) is -0.827. The average molecular weight is 200 g/mol. The van der Waals surface area contributed by atoms with E-state index in [2.05, 4.69) is 10.6 Å². The van der Waals surface area contributed by atoms with Gasteiger partial charge in [0.25, 0.3) is 0 Å². The van der Waals surface area contributed by atoms with Crippen LogP contribution in [0.1, 0.15) is 26.7 Å². The van der Waals surface area contributed by atoms with Crippen molar-refractivity contribution < 1.29 is 9.90 Å². The molecule has 4 heteroatoms. The lowest BCUT2D eigenvalue weighted by molar-refractivity contribution is -0.121. The highest BCUT2D eigenvalue weighted by Crippen LogP contribution is 2.27. The fourth-order valence-electron chi connectivity index (χ4n) is 1.09. The van der Waals surface area contributed by atoms with Crippen molar-refractivity contribution in [2.24, 2.45) is 5.92 Å². The summed E-state index contributed by atoms with van der Waals surface area (Å²) >= 11 is 0. The molecule has 0 radical (unpaired) electrons. The minimum Gasteiger partial charge on any atom is -0.389 e. The molecule has 0 atom stereocenters. The molecule has 14 heavy (non-hydrogen) atoms. The molecule has 0 unspecified atom stereocenters. The fraction of sp³-hybridized carbons (Fsp3) is 0.900. The van der Waals surface area contributed by atoms with Gasteiger partial charge in [-0.2, -0.15) is 0 Å². The topological polar surface area (TPSA) is 61.4 Å². The monoisotopic (exact) mass is 200 g/mol. The van der Waals surface area contributed by atoms with E-state index in [-0.39, 0.29) is 5.91 Å². The number of hydrogen-bond donors (Lipinski definition) is 3. The fourth-order valence-corrected chi connectivity index (χ4v) is 1.09. The van der Waals surface area contributed by atoms with E-state index >= 15 is 0 Å². The largest absolute Gasteiger partial charge is 0.389 e. The third-order valence-corrected chi connectivity index (χ3v) is 2.13. The van der Waals surface area contributed by atoms with Crippen molar-refractivity contribution in [3.05, 3.63) is 0 Å². The molecule has 4 nitrogen and oxygen atoms in total. The van der Waals surface area contributed by atoms with Gasteiger partial charge < -0.3 is 15.7 Å². The zero-order valence-electron chi connectivity index (χ0n) is 8.97. The molecule has 82 valence electrons. The van der Waals surface area contributed by atoms with Crippen molar-refractivity contribution in [1.82, 2.24) is 10.6 Å². The maximum Gasteiger partial charge on any atom is 0.234 e. The van der Waals surface area contributed by atoms with E-state index < -0.39 is 5.60 Å². The SMILES string of the molecule is CC(C)(O)CNC(=O)CNCC1CC1. The van der Waals surface area contributed by atoms with E-state index in [9.17, 15) is 9.90 Å². The molecule has 1 amide bonds. The molecule has 0 saturated heterocycles. The summed E-state index contributed by atoms with van der Waals surface area (Å²) in [6.07, 6.45) is 2.58. The van der Waals surface area contributed by atoms with Gasteiger partial charge in [-0.25, -0.2) is 0 Å². The van der Waals surface area contributed by atoms with Crippen molar-refractivity contribution in [2.45, 2.75) is 32.3 Å². The number of aliphatic hydroxyl groups is 1. The second kappa shape index (κ2) is 4.75. The minimum atomic E-state index is -0.827. The third kappa shape index (κ3) is 5.94. The van der Waals surface area contributed by atoms with Crippen molar-refractivity contribution >= 4 is 5.91 Å². The van der Waals surface area contributed by atoms with Crippen LogP contribution in [0.5, 0.6) is 0 Å². The van der Waals surface area contributed by atoms with Crippen molar-refractivity contribution in [2.75, 3.05) is 19.6 Å². The molecule has 3 N–H and O–H groups in total. The Morgan fingerprint density at radius 1 is 1.50 bits per heavy atom. The van der Waals surface area contributed by atoms with Gasteiger partial charge in [-0.3, -0.25) is 4.79 Å². The highest BCUT2D eigenvalue weighted by molar-refractivity contribution is 5.78. The van der Waals surface area contributed by atoms with Crippen molar-refractivity contribution in [1.29, 1.82) is 0 Å². The van der Waals surface area contributed by atoms with Gasteiger partial charge in [0.05, 0.1) is 12.1 Å². The van der Waals surface area contributed by atoms with Crippen LogP contribution in [0.25, 0.3) is 0 Å². The van der Waals surface area contributed by atoms with Crippen LogP contribution in [-0.4, -0.2) is 36.2 Å². The first kappa shape index (κ1) is 11.5. The number of rotatable bonds is 6. The molecule has 0 spiro atoms. The first-order valence-electron chi connectivity index (χ1n) is 5.17.